The summed E-state index contributed by atoms with van der Waals surface area (Å²) in [6.07, 6.45) is -2.03. The zero-order chi connectivity index (χ0) is 67.4. The van der Waals surface area contributed by atoms with Gasteiger partial charge in [-0.3, -0.25) is 29.2 Å². The first-order chi connectivity index (χ1) is 46.7. The minimum Gasteiger partial charge on any atom is -0.317 e. The average molecular weight is 1310 g/mol. The van der Waals surface area contributed by atoms with E-state index in [1.54, 1.807) is 96.3 Å². The summed E-state index contributed by atoms with van der Waals surface area (Å²) >= 11 is 0. The Labute approximate surface area is 555 Å². The summed E-state index contributed by atoms with van der Waals surface area (Å²) in [7, 11) is 3.57. The van der Waals surface area contributed by atoms with Gasteiger partial charge in [-0.1, -0.05) is 56.3 Å². The number of hydrogen-bond acceptors (Lipinski definition) is 11. The van der Waals surface area contributed by atoms with Gasteiger partial charge >= 0.3 is 24.1 Å². The summed E-state index contributed by atoms with van der Waals surface area (Å²) in [4.78, 5) is 51.1. The number of nitrogens with zero attached hydrogens (tertiary/aromatic N) is 14. The van der Waals surface area contributed by atoms with Crippen LogP contribution in [0.3, 0.4) is 0 Å². The Hall–Kier alpha value is -10.7. The molecule has 0 spiro atoms. The van der Waals surface area contributed by atoms with Gasteiger partial charge in [0.05, 0.1) is 41.5 Å². The molecule has 2 atom stereocenters. The number of benzene rings is 6. The lowest BCUT2D eigenvalue weighted by Crippen LogP contribution is -2.33. The van der Waals surface area contributed by atoms with Crippen LogP contribution in [0.25, 0.3) is 61.1 Å². The van der Waals surface area contributed by atoms with Gasteiger partial charge in [0, 0.05) is 92.3 Å². The van der Waals surface area contributed by atoms with Crippen LogP contribution in [0.4, 0.5) is 43.7 Å². The monoisotopic (exact) mass is 1310 g/mol. The number of piperidine rings is 2. The number of amides is 2. The Bertz CT molecular complexity index is 4850. The van der Waals surface area contributed by atoms with E-state index in [9.17, 15) is 14.9 Å². The van der Waals surface area contributed by atoms with E-state index in [0.29, 0.717) is 115 Å². The summed E-state index contributed by atoms with van der Waals surface area (Å²) in [6, 6.07) is 45.5. The fourth-order valence-electron chi connectivity index (χ4n) is 14.1. The van der Waals surface area contributed by atoms with Crippen molar-refractivity contribution in [3.8, 4) is 68.4 Å². The van der Waals surface area contributed by atoms with E-state index in [1.807, 2.05) is 60.7 Å². The van der Waals surface area contributed by atoms with E-state index in [2.05, 4.69) is 56.2 Å². The van der Waals surface area contributed by atoms with Gasteiger partial charge in [-0.05, 0) is 190 Å². The number of fused-ring (bicyclic) bond motifs is 2. The minimum absolute atomic E-state index is 0.00970. The van der Waals surface area contributed by atoms with Crippen LogP contribution in [-0.2, 0) is 59.0 Å². The Morgan fingerprint density at radius 3 is 1.57 bits per heavy atom. The number of hydrogen-bond donors (Lipinski definition) is 0. The van der Waals surface area contributed by atoms with Crippen molar-refractivity contribution in [3.05, 3.63) is 224 Å². The van der Waals surface area contributed by atoms with E-state index in [0.717, 1.165) is 57.4 Å². The first kappa shape index (κ1) is 63.7. The van der Waals surface area contributed by atoms with Crippen LogP contribution < -0.4 is 9.80 Å². The summed E-state index contributed by atoms with van der Waals surface area (Å²) in [6.45, 7) is 7.15. The molecule has 4 aromatic heterocycles. The number of rotatable bonds is 13. The molecule has 10 aromatic rings. The minimum atomic E-state index is -4.75. The molecule has 14 rings (SSSR count). The second-order valence-corrected chi connectivity index (χ2v) is 26.0. The molecular weight excluding hydrogens is 1240 g/mol. The lowest BCUT2D eigenvalue weighted by molar-refractivity contribution is -0.139. The maximum absolute atomic E-state index is 15.1. The largest absolute Gasteiger partial charge is 0.416 e. The molecule has 2 amide bonds. The van der Waals surface area contributed by atoms with Gasteiger partial charge in [0.1, 0.15) is 29.9 Å². The Morgan fingerprint density at radius 2 is 1.06 bits per heavy atom. The highest BCUT2D eigenvalue weighted by molar-refractivity contribution is 6.11. The molecular formula is C75H65F6N14O2+. The number of nitriles is 1. The van der Waals surface area contributed by atoms with Gasteiger partial charge in [-0.15, -0.1) is 20.4 Å². The predicted octanol–water partition coefficient (Wildman–Crippen LogP) is 15.4. The van der Waals surface area contributed by atoms with Gasteiger partial charge in [0.2, 0.25) is 0 Å². The lowest BCUT2D eigenvalue weighted by Gasteiger charge is -2.31. The van der Waals surface area contributed by atoms with E-state index < -0.39 is 35.3 Å². The van der Waals surface area contributed by atoms with Crippen LogP contribution in [0.1, 0.15) is 116 Å². The molecule has 0 aliphatic carbocycles. The number of aromatic nitrogens is 8. The molecule has 6 aromatic carbocycles. The fourth-order valence-corrected chi connectivity index (χ4v) is 14.1. The zero-order valence-electron chi connectivity index (χ0n) is 53.6. The lowest BCUT2D eigenvalue weighted by atomic mass is 9.96. The third kappa shape index (κ3) is 13.1. The second-order valence-electron chi connectivity index (χ2n) is 26.0. The number of pyridine rings is 2. The highest BCUT2D eigenvalue weighted by atomic mass is 19.4. The van der Waals surface area contributed by atoms with Crippen molar-refractivity contribution in [1.82, 2.24) is 49.3 Å². The van der Waals surface area contributed by atoms with Crippen LogP contribution in [-0.4, -0.2) is 87.3 Å². The number of halogens is 6. The van der Waals surface area contributed by atoms with Crippen molar-refractivity contribution in [2.75, 3.05) is 36.0 Å². The van der Waals surface area contributed by atoms with Crippen LogP contribution in [0.5, 0.6) is 0 Å². The number of likely N-dealkylation sites (tertiary alicyclic amines) is 2. The van der Waals surface area contributed by atoms with E-state index >= 15 is 26.3 Å². The van der Waals surface area contributed by atoms with Gasteiger partial charge < -0.3 is 9.13 Å². The van der Waals surface area contributed by atoms with E-state index in [4.69, 9.17) is 14.8 Å². The van der Waals surface area contributed by atoms with Crippen LogP contribution in [0.15, 0.2) is 152 Å². The maximum Gasteiger partial charge on any atom is 0.416 e. The smallest absolute Gasteiger partial charge is 0.317 e. The van der Waals surface area contributed by atoms with Gasteiger partial charge in [0.25, 0.3) is 11.8 Å². The Balaban J connectivity index is 0.808. The summed E-state index contributed by atoms with van der Waals surface area (Å²) in [5.74, 6) is 0.843. The number of aryl methyl sites for hydroxylation is 2. The average Bonchev–Trinajstić information content (AvgIpc) is 1.63. The molecule has 2 fully saturated rings. The van der Waals surface area contributed by atoms with E-state index in [1.165, 1.54) is 28.3 Å². The molecule has 0 saturated carbocycles. The second kappa shape index (κ2) is 25.8. The van der Waals surface area contributed by atoms with Gasteiger partial charge in [0.15, 0.2) is 11.6 Å². The molecule has 0 N–H and O–H groups in total. The van der Waals surface area contributed by atoms with Crippen molar-refractivity contribution in [3.63, 3.8) is 0 Å². The number of anilines is 2. The van der Waals surface area contributed by atoms with Gasteiger partial charge in [-0.25, -0.2) is 9.97 Å². The quantitative estimate of drug-likeness (QED) is 0.101. The predicted molar refractivity (Wildman–Crippen MR) is 356 cm³/mol. The summed E-state index contributed by atoms with van der Waals surface area (Å²) in [5.41, 5.74) is 6.35. The summed E-state index contributed by atoms with van der Waals surface area (Å²) in [5, 5.41) is 27.2. The molecule has 4 aliphatic heterocycles. The SMILES string of the molecule is C[C@H]1CCCN(Cc2cc3c(c(C(F)(F)F)c2)CN(c2cc(-c4ccc(C#[N+]c5ccc(-c6cc(-c7ccc(C#N)cc7-c7nncn7C)cc(N7Cc8c(cc(CN9CCC[C@H](C)C9)cc8C(F)(F)F)C7=O)n6)cc5)cc4-c4nncn4C)cc(Cc4ccccc4)n2)C3=O)C1. The van der Waals surface area contributed by atoms with Gasteiger partial charge in [-0.2, -0.15) is 31.6 Å². The van der Waals surface area contributed by atoms with E-state index in [-0.39, 0.29) is 53.5 Å². The third-order valence-electron chi connectivity index (χ3n) is 18.7. The summed E-state index contributed by atoms with van der Waals surface area (Å²) < 4.78 is 94.1. The normalized spacial score (nSPS) is 16.7. The molecule has 0 bridgehead atoms. The molecule has 488 valence electrons. The third-order valence-corrected chi connectivity index (χ3v) is 18.7. The first-order valence-corrected chi connectivity index (χ1v) is 32.2. The fraction of sp³-hybridized carbons (Fsp3) is 0.280. The maximum atomic E-state index is 15.1. The molecule has 22 heteroatoms. The molecule has 2 saturated heterocycles. The molecule has 4 aliphatic rings. The topological polar surface area (TPSA) is 162 Å². The van der Waals surface area contributed by atoms with Crippen molar-refractivity contribution in [1.29, 1.82) is 5.26 Å². The number of carbonyl (C=O) groups excluding carboxylic acids is 2. The number of carbonyl (C=O) groups is 2. The molecule has 8 heterocycles. The Morgan fingerprint density at radius 1 is 0.546 bits per heavy atom. The first-order valence-electron chi connectivity index (χ1n) is 32.2. The van der Waals surface area contributed by atoms with Crippen molar-refractivity contribution < 1.29 is 35.9 Å². The molecule has 97 heavy (non-hydrogen) atoms. The van der Waals surface area contributed by atoms with Crippen molar-refractivity contribution in [2.24, 2.45) is 25.9 Å². The van der Waals surface area contributed by atoms with Crippen molar-refractivity contribution >= 4 is 29.1 Å². The molecule has 0 unspecified atom stereocenters. The zero-order valence-corrected chi connectivity index (χ0v) is 53.6. The standard InChI is InChI=1S/C75H65F6N14O2/c1-45-10-8-22-92(37-45)39-50-27-61-63(65(29-50)74(76,77)78)41-94(72(61)96)68-33-53(31-56(86-68)24-47-12-6-5-7-13-47)57-21-15-49(26-60(57)71-89-85-44-91(71)4)36-83-55-18-16-52(17-19-55)67-32-54(58-20-14-48(35-82)25-59(58)70-88-84-43-90(70)3)34-69(87-67)95-42-64-62(73(95)97)28-51(30-66(64)75(79,80)81)40-93-23-9-11-46(2)38-93/h5-7,12-21,25-34,43-46H,8-11,22-24,37-42H2,1-4H3/q+1/t45-,46-/m0/s1. The van der Waals surface area contributed by atoms with Crippen LogP contribution in [0, 0.1) is 29.2 Å². The molecule has 0 radical (unpaired) electrons. The number of alkyl halides is 6. The highest BCUT2D eigenvalue weighted by Crippen LogP contribution is 2.45. The van der Waals surface area contributed by atoms with Crippen molar-refractivity contribution in [2.45, 2.75) is 84.5 Å². The van der Waals surface area contributed by atoms with Crippen LogP contribution >= 0.6 is 0 Å². The van der Waals surface area contributed by atoms with Crippen LogP contribution in [0.2, 0.25) is 0 Å². The Kier molecular flexibility index (Phi) is 16.9. The molecule has 16 nitrogen and oxygen atoms in total. The highest BCUT2D eigenvalue weighted by Gasteiger charge is 2.43.